The molecule has 2 aromatic carbocycles. The van der Waals surface area contributed by atoms with Gasteiger partial charge in [-0.1, -0.05) is 26.0 Å². The Hall–Kier alpha value is -3.29. The summed E-state index contributed by atoms with van der Waals surface area (Å²) in [5.41, 5.74) is 0.999. The van der Waals surface area contributed by atoms with Gasteiger partial charge in [-0.05, 0) is 30.0 Å². The van der Waals surface area contributed by atoms with Crippen LogP contribution in [0.5, 0.6) is 17.2 Å². The van der Waals surface area contributed by atoms with Crippen molar-refractivity contribution in [2.24, 2.45) is 0 Å². The first-order chi connectivity index (χ1) is 13.4. The summed E-state index contributed by atoms with van der Waals surface area (Å²) < 4.78 is 15.5. The van der Waals surface area contributed by atoms with Crippen LogP contribution in [0.3, 0.4) is 0 Å². The quantitative estimate of drug-likeness (QED) is 0.532. The van der Waals surface area contributed by atoms with Crippen LogP contribution < -0.4 is 19.5 Å². The van der Waals surface area contributed by atoms with Gasteiger partial charge in [-0.3, -0.25) is 14.9 Å². The number of ether oxygens (including phenoxy) is 3. The molecule has 0 aliphatic rings. The second-order valence-electron chi connectivity index (χ2n) is 6.18. The number of amides is 1. The fraction of sp³-hybridized carbons (Fsp3) is 0.350. The van der Waals surface area contributed by atoms with E-state index < -0.39 is 16.5 Å². The van der Waals surface area contributed by atoms with Crippen molar-refractivity contribution in [3.8, 4) is 17.2 Å². The molecule has 8 heteroatoms. The molecule has 1 N–H and O–H groups in total. The molecule has 0 aliphatic carbocycles. The predicted molar refractivity (Wildman–Crippen MR) is 106 cm³/mol. The van der Waals surface area contributed by atoms with Gasteiger partial charge in [-0.15, -0.1) is 0 Å². The number of rotatable bonds is 8. The summed E-state index contributed by atoms with van der Waals surface area (Å²) in [4.78, 5) is 23.7. The highest BCUT2D eigenvalue weighted by Gasteiger charge is 2.32. The van der Waals surface area contributed by atoms with E-state index in [0.29, 0.717) is 11.6 Å². The topological polar surface area (TPSA) is 99.9 Å². The minimum absolute atomic E-state index is 0.0474. The summed E-state index contributed by atoms with van der Waals surface area (Å²) in [7, 11) is 3.97. The predicted octanol–water partition coefficient (Wildman–Crippen LogP) is 4.39. The van der Waals surface area contributed by atoms with Gasteiger partial charge in [-0.25, -0.2) is 0 Å². The maximum Gasteiger partial charge on any atom is 0.327 e. The maximum atomic E-state index is 12.8. The average Bonchev–Trinajstić information content (AvgIpc) is 2.71. The molecule has 2 rings (SSSR count). The number of nitro groups is 1. The summed E-state index contributed by atoms with van der Waals surface area (Å²) in [6.45, 7) is 4.22. The lowest BCUT2D eigenvalue weighted by atomic mass is 9.98. The lowest BCUT2D eigenvalue weighted by Crippen LogP contribution is -2.15. The minimum atomic E-state index is -0.679. The zero-order valence-electron chi connectivity index (χ0n) is 16.6. The Morgan fingerprint density at radius 1 is 1.11 bits per heavy atom. The summed E-state index contributed by atoms with van der Waals surface area (Å²) in [5.74, 6) is -0.222. The number of nitro benzene ring substituents is 1. The number of carbonyl (C=O) groups excluding carboxylic acids is 1. The SMILES string of the molecule is CCC(C)c1ccc(NC(=O)c2cc(OC)c(OC)c(OC)c2[N+](=O)[O-])cc1. The largest absolute Gasteiger partial charge is 0.493 e. The molecule has 1 atom stereocenters. The van der Waals surface area contributed by atoms with E-state index in [1.165, 1.54) is 27.4 Å². The third-order valence-electron chi connectivity index (χ3n) is 4.58. The van der Waals surface area contributed by atoms with Crippen LogP contribution >= 0.6 is 0 Å². The highest BCUT2D eigenvalue weighted by molar-refractivity contribution is 6.08. The normalized spacial score (nSPS) is 11.5. The maximum absolute atomic E-state index is 12.8. The second-order valence-corrected chi connectivity index (χ2v) is 6.18. The van der Waals surface area contributed by atoms with Gasteiger partial charge in [0.2, 0.25) is 11.5 Å². The first kappa shape index (κ1) is 21.0. The van der Waals surface area contributed by atoms with Crippen LogP contribution in [0, 0.1) is 10.1 Å². The van der Waals surface area contributed by atoms with Gasteiger partial charge in [-0.2, -0.15) is 0 Å². The van der Waals surface area contributed by atoms with Crippen molar-refractivity contribution in [1.29, 1.82) is 0 Å². The number of nitrogens with one attached hydrogen (secondary N) is 1. The summed E-state index contributed by atoms with van der Waals surface area (Å²) in [6, 6.07) is 8.65. The molecule has 0 fully saturated rings. The molecule has 2 aromatic rings. The second kappa shape index (κ2) is 9.07. The molecule has 0 aliphatic heterocycles. The highest BCUT2D eigenvalue weighted by atomic mass is 16.6. The van der Waals surface area contributed by atoms with E-state index in [1.807, 2.05) is 12.1 Å². The van der Waals surface area contributed by atoms with E-state index in [4.69, 9.17) is 14.2 Å². The van der Waals surface area contributed by atoms with Crippen LogP contribution in [-0.4, -0.2) is 32.2 Å². The molecular weight excluding hydrogens is 364 g/mol. The van der Waals surface area contributed by atoms with E-state index in [1.54, 1.807) is 12.1 Å². The van der Waals surface area contributed by atoms with E-state index in [-0.39, 0.29) is 22.8 Å². The van der Waals surface area contributed by atoms with E-state index in [9.17, 15) is 14.9 Å². The van der Waals surface area contributed by atoms with Crippen molar-refractivity contribution >= 4 is 17.3 Å². The Balaban J connectivity index is 2.45. The van der Waals surface area contributed by atoms with E-state index in [0.717, 1.165) is 12.0 Å². The van der Waals surface area contributed by atoms with Crippen LogP contribution in [0.4, 0.5) is 11.4 Å². The fourth-order valence-corrected chi connectivity index (χ4v) is 2.82. The van der Waals surface area contributed by atoms with Crippen molar-refractivity contribution in [2.75, 3.05) is 26.6 Å². The number of carbonyl (C=O) groups is 1. The molecule has 0 spiro atoms. The van der Waals surface area contributed by atoms with E-state index >= 15 is 0 Å². The Morgan fingerprint density at radius 2 is 1.71 bits per heavy atom. The molecule has 0 saturated heterocycles. The monoisotopic (exact) mass is 388 g/mol. The molecule has 0 heterocycles. The van der Waals surface area contributed by atoms with Gasteiger partial charge in [0.25, 0.3) is 5.91 Å². The number of nitrogens with zero attached hydrogens (tertiary/aromatic N) is 1. The molecule has 0 saturated carbocycles. The molecule has 0 aromatic heterocycles. The van der Waals surface area contributed by atoms with Crippen LogP contribution in [0.15, 0.2) is 30.3 Å². The molecule has 0 bridgehead atoms. The zero-order chi connectivity index (χ0) is 20.8. The van der Waals surface area contributed by atoms with Gasteiger partial charge < -0.3 is 19.5 Å². The molecule has 1 amide bonds. The number of methoxy groups -OCH3 is 3. The summed E-state index contributed by atoms with van der Waals surface area (Å²) in [6.07, 6.45) is 1.00. The summed E-state index contributed by atoms with van der Waals surface area (Å²) in [5, 5.41) is 14.3. The van der Waals surface area contributed by atoms with E-state index in [2.05, 4.69) is 19.2 Å². The first-order valence-corrected chi connectivity index (χ1v) is 8.76. The zero-order valence-corrected chi connectivity index (χ0v) is 16.6. The van der Waals surface area contributed by atoms with Gasteiger partial charge in [0, 0.05) is 11.8 Å². The lowest BCUT2D eigenvalue weighted by molar-refractivity contribution is -0.386. The Morgan fingerprint density at radius 3 is 2.18 bits per heavy atom. The third-order valence-corrected chi connectivity index (χ3v) is 4.58. The highest BCUT2D eigenvalue weighted by Crippen LogP contribution is 2.46. The molecule has 8 nitrogen and oxygen atoms in total. The molecule has 1 unspecified atom stereocenters. The number of hydrogen-bond acceptors (Lipinski definition) is 6. The van der Waals surface area contributed by atoms with Crippen molar-refractivity contribution in [3.05, 3.63) is 51.6 Å². The Bertz CT molecular complexity index is 864. The number of anilines is 1. The van der Waals surface area contributed by atoms with Crippen molar-refractivity contribution in [2.45, 2.75) is 26.2 Å². The fourth-order valence-electron chi connectivity index (χ4n) is 2.82. The Labute approximate surface area is 163 Å². The van der Waals surface area contributed by atoms with Crippen molar-refractivity contribution in [1.82, 2.24) is 0 Å². The van der Waals surface area contributed by atoms with Crippen LogP contribution in [-0.2, 0) is 0 Å². The molecule has 150 valence electrons. The van der Waals surface area contributed by atoms with Gasteiger partial charge in [0.1, 0.15) is 5.56 Å². The average molecular weight is 388 g/mol. The summed E-state index contributed by atoms with van der Waals surface area (Å²) >= 11 is 0. The van der Waals surface area contributed by atoms with Crippen LogP contribution in [0.2, 0.25) is 0 Å². The van der Waals surface area contributed by atoms with Gasteiger partial charge in [0.15, 0.2) is 5.75 Å². The van der Waals surface area contributed by atoms with Gasteiger partial charge in [0.05, 0.1) is 26.3 Å². The number of hydrogen-bond donors (Lipinski definition) is 1. The Kier molecular flexibility index (Phi) is 6.81. The smallest absolute Gasteiger partial charge is 0.327 e. The molecule has 0 radical (unpaired) electrons. The van der Waals surface area contributed by atoms with Crippen molar-refractivity contribution < 1.29 is 23.9 Å². The van der Waals surface area contributed by atoms with Crippen LogP contribution in [0.25, 0.3) is 0 Å². The number of benzene rings is 2. The molecular formula is C20H24N2O6. The van der Waals surface area contributed by atoms with Gasteiger partial charge >= 0.3 is 5.69 Å². The standard InChI is InChI=1S/C20H24N2O6/c1-6-12(2)13-7-9-14(10-8-13)21-20(23)15-11-16(26-3)18(27-4)19(28-5)17(15)22(24)25/h7-12H,6H2,1-5H3,(H,21,23). The lowest BCUT2D eigenvalue weighted by Gasteiger charge is -2.15. The van der Waals surface area contributed by atoms with Crippen molar-refractivity contribution in [3.63, 3.8) is 0 Å². The first-order valence-electron chi connectivity index (χ1n) is 8.76. The molecule has 28 heavy (non-hydrogen) atoms. The van der Waals surface area contributed by atoms with Crippen LogP contribution in [0.1, 0.15) is 42.1 Å². The minimum Gasteiger partial charge on any atom is -0.493 e. The third kappa shape index (κ3) is 4.16.